The number of carboxylic acid groups (broad SMARTS) is 1. The molecule has 2 aromatic carbocycles. The van der Waals surface area contributed by atoms with Gasteiger partial charge in [0.15, 0.2) is 0 Å². The van der Waals surface area contributed by atoms with E-state index < -0.39 is 5.97 Å². The summed E-state index contributed by atoms with van der Waals surface area (Å²) in [6.45, 7) is 0.717. The number of benzene rings is 2. The second kappa shape index (κ2) is 15.6. The number of aliphatic carboxylic acids is 1. The van der Waals surface area contributed by atoms with Gasteiger partial charge in [-0.1, -0.05) is 66.7 Å². The van der Waals surface area contributed by atoms with Gasteiger partial charge in [-0.2, -0.15) is 0 Å². The lowest BCUT2D eigenvalue weighted by Crippen LogP contribution is -2.48. The summed E-state index contributed by atoms with van der Waals surface area (Å²) in [7, 11) is 4.26. The Hall–Kier alpha value is -3.00. The van der Waals surface area contributed by atoms with E-state index in [1.165, 1.54) is 16.0 Å². The summed E-state index contributed by atoms with van der Waals surface area (Å²) in [5.74, 6) is -0.445. The van der Waals surface area contributed by atoms with Gasteiger partial charge >= 0.3 is 5.97 Å². The lowest BCUT2D eigenvalue weighted by atomic mass is 9.77. The predicted octanol–water partition coefficient (Wildman–Crippen LogP) is 5.99. The van der Waals surface area contributed by atoms with Crippen molar-refractivity contribution in [2.24, 2.45) is 5.73 Å². The van der Waals surface area contributed by atoms with Crippen LogP contribution in [0.25, 0.3) is 0 Å². The van der Waals surface area contributed by atoms with Crippen LogP contribution in [0.2, 0.25) is 0 Å². The summed E-state index contributed by atoms with van der Waals surface area (Å²) in [6.07, 6.45) is 5.73. The molecule has 1 aliphatic rings. The van der Waals surface area contributed by atoms with E-state index in [1.54, 1.807) is 11.3 Å². The number of hydrogen-bond acceptors (Lipinski definition) is 5. The van der Waals surface area contributed by atoms with Gasteiger partial charge in [-0.3, -0.25) is 14.5 Å². The van der Waals surface area contributed by atoms with Gasteiger partial charge in [-0.05, 0) is 81.7 Å². The first-order chi connectivity index (χ1) is 18.9. The van der Waals surface area contributed by atoms with Crippen molar-refractivity contribution >= 4 is 23.2 Å². The molecule has 0 radical (unpaired) electrons. The number of carbonyl (C=O) groups excluding carboxylic acids is 1. The molecule has 3 aromatic rings. The maximum atomic E-state index is 11.9. The van der Waals surface area contributed by atoms with E-state index in [-0.39, 0.29) is 23.9 Å². The number of carboxylic acids is 1. The molecule has 0 saturated heterocycles. The Labute approximate surface area is 237 Å². The Morgan fingerprint density at radius 1 is 0.974 bits per heavy atom. The van der Waals surface area contributed by atoms with E-state index in [4.69, 9.17) is 10.8 Å². The van der Waals surface area contributed by atoms with Gasteiger partial charge < -0.3 is 16.2 Å². The fourth-order valence-electron chi connectivity index (χ4n) is 5.46. The van der Waals surface area contributed by atoms with Gasteiger partial charge in [0.25, 0.3) is 0 Å². The molecule has 0 spiro atoms. The third kappa shape index (κ3) is 9.02. The molecular formula is C32H43N3O3S. The molecule has 6 nitrogen and oxygen atoms in total. The summed E-state index contributed by atoms with van der Waals surface area (Å²) < 4.78 is 0. The van der Waals surface area contributed by atoms with Crippen LogP contribution in [-0.2, 0) is 15.1 Å². The zero-order valence-electron chi connectivity index (χ0n) is 23.2. The number of amides is 1. The van der Waals surface area contributed by atoms with E-state index in [9.17, 15) is 9.59 Å². The van der Waals surface area contributed by atoms with Gasteiger partial charge in [0, 0.05) is 29.7 Å². The van der Waals surface area contributed by atoms with Gasteiger partial charge in [0.2, 0.25) is 5.91 Å². The van der Waals surface area contributed by atoms with E-state index in [0.717, 1.165) is 32.1 Å². The van der Waals surface area contributed by atoms with Crippen molar-refractivity contribution in [3.63, 3.8) is 0 Å². The molecule has 1 amide bonds. The number of thiophene rings is 1. The zero-order chi connectivity index (χ0) is 28.1. The molecule has 210 valence electrons. The molecule has 0 bridgehead atoms. The van der Waals surface area contributed by atoms with Crippen LogP contribution in [0, 0.1) is 0 Å². The van der Waals surface area contributed by atoms with Gasteiger partial charge in [0.05, 0.1) is 5.54 Å². The maximum Gasteiger partial charge on any atom is 0.303 e. The van der Waals surface area contributed by atoms with E-state index in [1.807, 2.05) is 12.1 Å². The molecule has 39 heavy (non-hydrogen) atoms. The summed E-state index contributed by atoms with van der Waals surface area (Å²) >= 11 is 1.80. The van der Waals surface area contributed by atoms with Crippen molar-refractivity contribution < 1.29 is 14.7 Å². The smallest absolute Gasteiger partial charge is 0.303 e. The van der Waals surface area contributed by atoms with Crippen LogP contribution < -0.4 is 11.1 Å². The van der Waals surface area contributed by atoms with Crippen molar-refractivity contribution in [3.8, 4) is 0 Å². The third-order valence-electron chi connectivity index (χ3n) is 7.67. The monoisotopic (exact) mass is 549 g/mol. The molecule has 1 fully saturated rings. The van der Waals surface area contributed by atoms with Gasteiger partial charge in [-0.15, -0.1) is 11.3 Å². The standard InChI is InChI=1S/C17H26N2O3S.C15H17N/c1-19(2)17(14-5-4-12-23-14)10-8-13(9-11-17)18-15(20)6-3-7-16(21)22;16-12-11-15(13-7-3-1-4-8-13)14-9-5-2-6-10-14/h4-5,12-13H,3,6-11H2,1-2H3,(H,18,20)(H,21,22);1-10,15H,11-12,16H2. The third-order valence-corrected chi connectivity index (χ3v) is 8.73. The highest BCUT2D eigenvalue weighted by Crippen LogP contribution is 2.43. The highest BCUT2D eigenvalue weighted by atomic mass is 32.1. The summed E-state index contributed by atoms with van der Waals surface area (Å²) in [5.41, 5.74) is 8.48. The number of hydrogen-bond donors (Lipinski definition) is 3. The Bertz CT molecular complexity index is 1070. The fraction of sp³-hybridized carbons (Fsp3) is 0.438. The molecule has 4 N–H and O–H groups in total. The van der Waals surface area contributed by atoms with E-state index >= 15 is 0 Å². The molecule has 1 aromatic heterocycles. The SMILES string of the molecule is CN(C)C1(c2cccs2)CCC(NC(=O)CCCC(=O)O)CC1.NCCC(c1ccccc1)c1ccccc1. The van der Waals surface area contributed by atoms with Gasteiger partial charge in [-0.25, -0.2) is 0 Å². The Balaban J connectivity index is 0.000000230. The molecule has 1 heterocycles. The van der Waals surface area contributed by atoms with Crippen molar-refractivity contribution in [2.75, 3.05) is 20.6 Å². The van der Waals surface area contributed by atoms with Crippen LogP contribution in [0.5, 0.6) is 0 Å². The van der Waals surface area contributed by atoms with Crippen molar-refractivity contribution in [1.29, 1.82) is 0 Å². The quantitative estimate of drug-likeness (QED) is 0.273. The number of carbonyl (C=O) groups is 2. The number of nitrogens with zero attached hydrogens (tertiary/aromatic N) is 1. The molecule has 0 aliphatic heterocycles. The van der Waals surface area contributed by atoms with Crippen LogP contribution in [0.4, 0.5) is 0 Å². The van der Waals surface area contributed by atoms with E-state index in [0.29, 0.717) is 25.3 Å². The normalized spacial score (nSPS) is 18.8. The second-order valence-electron chi connectivity index (χ2n) is 10.4. The Kier molecular flexibility index (Phi) is 12.2. The van der Waals surface area contributed by atoms with Crippen LogP contribution in [0.1, 0.15) is 73.3 Å². The Morgan fingerprint density at radius 2 is 1.56 bits per heavy atom. The number of nitrogens with two attached hydrogens (primary N) is 1. The minimum absolute atomic E-state index is 0.0234. The summed E-state index contributed by atoms with van der Waals surface area (Å²) in [6, 6.07) is 25.6. The van der Waals surface area contributed by atoms with E-state index in [2.05, 4.69) is 90.4 Å². The lowest BCUT2D eigenvalue weighted by Gasteiger charge is -2.44. The zero-order valence-corrected chi connectivity index (χ0v) is 24.0. The van der Waals surface area contributed by atoms with Crippen LogP contribution in [0.3, 0.4) is 0 Å². The topological polar surface area (TPSA) is 95.7 Å². The first-order valence-electron chi connectivity index (χ1n) is 13.9. The molecule has 0 atom stereocenters. The average Bonchev–Trinajstić information content (AvgIpc) is 3.49. The van der Waals surface area contributed by atoms with Crippen molar-refractivity contribution in [3.05, 3.63) is 94.2 Å². The summed E-state index contributed by atoms with van der Waals surface area (Å²) in [5, 5.41) is 13.8. The van der Waals surface area contributed by atoms with Crippen LogP contribution in [0.15, 0.2) is 78.2 Å². The first kappa shape index (κ1) is 30.5. The predicted molar refractivity (Wildman–Crippen MR) is 160 cm³/mol. The minimum Gasteiger partial charge on any atom is -0.481 e. The molecule has 0 unspecified atom stereocenters. The number of nitrogens with one attached hydrogen (secondary N) is 1. The van der Waals surface area contributed by atoms with Gasteiger partial charge in [0.1, 0.15) is 0 Å². The van der Waals surface area contributed by atoms with Crippen molar-refractivity contribution in [2.45, 2.75) is 68.9 Å². The fourth-order valence-corrected chi connectivity index (χ4v) is 6.53. The second-order valence-corrected chi connectivity index (χ2v) is 11.4. The Morgan fingerprint density at radius 3 is 2.03 bits per heavy atom. The molecule has 4 rings (SSSR count). The molecule has 1 aliphatic carbocycles. The lowest BCUT2D eigenvalue weighted by molar-refractivity contribution is -0.137. The largest absolute Gasteiger partial charge is 0.481 e. The summed E-state index contributed by atoms with van der Waals surface area (Å²) in [4.78, 5) is 26.1. The van der Waals surface area contributed by atoms with Crippen molar-refractivity contribution in [1.82, 2.24) is 10.2 Å². The minimum atomic E-state index is -0.845. The first-order valence-corrected chi connectivity index (χ1v) is 14.8. The molecular weight excluding hydrogens is 506 g/mol. The van der Waals surface area contributed by atoms with Crippen LogP contribution in [-0.4, -0.2) is 48.6 Å². The molecule has 7 heteroatoms. The maximum absolute atomic E-state index is 11.9. The number of rotatable bonds is 11. The average molecular weight is 550 g/mol. The highest BCUT2D eigenvalue weighted by Gasteiger charge is 2.39. The van der Waals surface area contributed by atoms with Crippen LogP contribution >= 0.6 is 11.3 Å². The molecule has 1 saturated carbocycles. The highest BCUT2D eigenvalue weighted by molar-refractivity contribution is 7.10.